The number of ether oxygens (including phenoxy) is 1. The summed E-state index contributed by atoms with van der Waals surface area (Å²) in [5.41, 5.74) is -0.449. The monoisotopic (exact) mass is 656 g/mol. The lowest BCUT2D eigenvalue weighted by molar-refractivity contribution is 0.0152. The first-order chi connectivity index (χ1) is 22.5. The van der Waals surface area contributed by atoms with Crippen LogP contribution in [0.1, 0.15) is 83.8 Å². The van der Waals surface area contributed by atoms with Gasteiger partial charge in [-0.3, -0.25) is 0 Å². The Bertz CT molecular complexity index is 1310. The molecule has 0 aliphatic carbocycles. The number of aromatic nitrogens is 4. The van der Waals surface area contributed by atoms with Gasteiger partial charge < -0.3 is 24.8 Å². The average Bonchev–Trinajstić information content (AvgIpc) is 3.07. The molecule has 260 valence electrons. The van der Waals surface area contributed by atoms with Crippen molar-refractivity contribution in [1.82, 2.24) is 30.2 Å². The van der Waals surface area contributed by atoms with Crippen molar-refractivity contribution in [1.29, 1.82) is 0 Å². The molecule has 47 heavy (non-hydrogen) atoms. The molecule has 12 heteroatoms. The Morgan fingerprint density at radius 3 is 1.49 bits per heavy atom. The van der Waals surface area contributed by atoms with Gasteiger partial charge in [-0.25, -0.2) is 33.5 Å². The molecule has 2 aromatic heterocycles. The minimum atomic E-state index is -0.449. The van der Waals surface area contributed by atoms with Gasteiger partial charge in [0, 0.05) is 39.3 Å². The molecule has 4 saturated heterocycles. The second kappa shape index (κ2) is 15.8. The van der Waals surface area contributed by atoms with Crippen molar-refractivity contribution in [3.8, 4) is 0 Å². The number of carbonyl (C=O) groups is 1. The van der Waals surface area contributed by atoms with Crippen LogP contribution in [0.5, 0.6) is 0 Å². The first-order valence-corrected chi connectivity index (χ1v) is 17.6. The number of aryl methyl sites for hydroxylation is 2. The van der Waals surface area contributed by atoms with Gasteiger partial charge in [-0.15, -0.1) is 0 Å². The number of rotatable bonds is 4. The fourth-order valence-corrected chi connectivity index (χ4v) is 7.69. The third-order valence-electron chi connectivity index (χ3n) is 10.3. The maximum Gasteiger partial charge on any atom is 0.410 e. The van der Waals surface area contributed by atoms with Gasteiger partial charge in [0.25, 0.3) is 0 Å². The van der Waals surface area contributed by atoms with E-state index in [0.29, 0.717) is 35.1 Å². The molecule has 0 atom stereocenters. The van der Waals surface area contributed by atoms with E-state index in [0.717, 1.165) is 103 Å². The third-order valence-corrected chi connectivity index (χ3v) is 10.3. The maximum atomic E-state index is 14.0. The van der Waals surface area contributed by atoms with Crippen LogP contribution in [0, 0.1) is 49.2 Å². The van der Waals surface area contributed by atoms with Crippen LogP contribution in [-0.2, 0) is 4.74 Å². The van der Waals surface area contributed by atoms with Gasteiger partial charge in [-0.05, 0) is 123 Å². The van der Waals surface area contributed by atoms with E-state index in [-0.39, 0.29) is 17.7 Å². The van der Waals surface area contributed by atoms with E-state index in [4.69, 9.17) is 4.74 Å². The van der Waals surface area contributed by atoms with Crippen molar-refractivity contribution in [2.75, 3.05) is 62.2 Å². The summed E-state index contributed by atoms with van der Waals surface area (Å²) in [7, 11) is 0. The van der Waals surface area contributed by atoms with E-state index in [2.05, 4.69) is 30.2 Å². The lowest BCUT2D eigenvalue weighted by atomic mass is 9.79. The molecule has 0 spiro atoms. The molecule has 4 aliphatic heterocycles. The third kappa shape index (κ3) is 9.70. The maximum absolute atomic E-state index is 14.0. The summed E-state index contributed by atoms with van der Waals surface area (Å²) in [6.07, 6.45) is 11.4. The van der Waals surface area contributed by atoms with Crippen LogP contribution in [0.4, 0.5) is 25.2 Å². The molecule has 6 rings (SSSR count). The minimum Gasteiger partial charge on any atom is -0.444 e. The Morgan fingerprint density at radius 1 is 0.702 bits per heavy atom. The Kier molecular flexibility index (Phi) is 11.8. The lowest BCUT2D eigenvalue weighted by Crippen LogP contribution is -2.44. The summed E-state index contributed by atoms with van der Waals surface area (Å²) in [6.45, 7) is 16.6. The number of hydrogen-bond acceptors (Lipinski definition) is 9. The van der Waals surface area contributed by atoms with Gasteiger partial charge in [0.2, 0.25) is 0 Å². The number of carbonyl (C=O) groups excluding carboxylic acids is 1. The van der Waals surface area contributed by atoms with E-state index in [1.54, 1.807) is 6.92 Å². The summed E-state index contributed by atoms with van der Waals surface area (Å²) in [5, 5.41) is 3.43. The highest BCUT2D eigenvalue weighted by molar-refractivity contribution is 5.68. The molecule has 0 saturated carbocycles. The van der Waals surface area contributed by atoms with E-state index >= 15 is 0 Å². The summed E-state index contributed by atoms with van der Waals surface area (Å²) >= 11 is 0. The molecule has 0 bridgehead atoms. The summed E-state index contributed by atoms with van der Waals surface area (Å²) < 4.78 is 33.3. The van der Waals surface area contributed by atoms with Crippen LogP contribution in [-0.4, -0.2) is 88.9 Å². The SMILES string of the molecule is Cc1ncc(F)c(N2CCC(C3CCN(C(=O)OC(C)(C)C)CC3)CC2)n1.Cc1ncc(F)c(N2CCC(C3CCNCC3)CC2)n1. The van der Waals surface area contributed by atoms with E-state index in [1.165, 1.54) is 25.2 Å². The van der Waals surface area contributed by atoms with Crippen molar-refractivity contribution in [2.24, 2.45) is 23.7 Å². The molecular formula is C35H54F2N8O2. The van der Waals surface area contributed by atoms with Crippen LogP contribution >= 0.6 is 0 Å². The standard InChI is InChI=1S/C20H31FN4O2.C15H23FN4/c1-14-22-13-17(21)18(23-14)24-9-5-15(6-10-24)16-7-11-25(12-8-16)19(26)27-20(2,3)4;1-11-18-10-14(16)15(19-11)20-8-4-13(5-9-20)12-2-6-17-7-3-12/h13,15-16H,5-12H2,1-4H3;10,12-13,17H,2-9H2,1H3. The molecular weight excluding hydrogens is 602 g/mol. The summed E-state index contributed by atoms with van der Waals surface area (Å²) in [5.74, 6) is 4.44. The number of hydrogen-bond donors (Lipinski definition) is 1. The molecule has 4 fully saturated rings. The molecule has 1 N–H and O–H groups in total. The van der Waals surface area contributed by atoms with Crippen molar-refractivity contribution in [3.05, 3.63) is 35.7 Å². The Morgan fingerprint density at radius 2 is 1.09 bits per heavy atom. The number of halogens is 2. The smallest absolute Gasteiger partial charge is 0.410 e. The molecule has 6 heterocycles. The van der Waals surface area contributed by atoms with Crippen LogP contribution in [0.15, 0.2) is 12.4 Å². The van der Waals surface area contributed by atoms with E-state index in [9.17, 15) is 13.6 Å². The average molecular weight is 657 g/mol. The quantitative estimate of drug-likeness (QED) is 0.430. The normalized spacial score (nSPS) is 21.0. The summed E-state index contributed by atoms with van der Waals surface area (Å²) in [4.78, 5) is 34.5. The number of nitrogens with zero attached hydrogens (tertiary/aromatic N) is 7. The second-order valence-corrected chi connectivity index (χ2v) is 14.7. The molecule has 1 amide bonds. The summed E-state index contributed by atoms with van der Waals surface area (Å²) in [6, 6.07) is 0. The molecule has 0 radical (unpaired) electrons. The molecule has 10 nitrogen and oxygen atoms in total. The fraction of sp³-hybridized carbons (Fsp3) is 0.743. The van der Waals surface area contributed by atoms with Crippen LogP contribution in [0.25, 0.3) is 0 Å². The van der Waals surface area contributed by atoms with Crippen LogP contribution in [0.3, 0.4) is 0 Å². The Hall–Kier alpha value is -3.15. The van der Waals surface area contributed by atoms with Crippen LogP contribution < -0.4 is 15.1 Å². The van der Waals surface area contributed by atoms with Crippen molar-refractivity contribution in [2.45, 2.75) is 91.6 Å². The van der Waals surface area contributed by atoms with Crippen molar-refractivity contribution < 1.29 is 18.3 Å². The number of piperidine rings is 4. The first kappa shape index (κ1) is 35.2. The number of likely N-dealkylation sites (tertiary alicyclic amines) is 1. The zero-order valence-electron chi connectivity index (χ0n) is 29.0. The Labute approximate surface area is 279 Å². The van der Waals surface area contributed by atoms with Gasteiger partial charge in [-0.1, -0.05) is 0 Å². The molecule has 4 aliphatic rings. The van der Waals surface area contributed by atoms with E-state index < -0.39 is 5.60 Å². The highest BCUT2D eigenvalue weighted by atomic mass is 19.1. The fourth-order valence-electron chi connectivity index (χ4n) is 7.69. The highest BCUT2D eigenvalue weighted by Crippen LogP contribution is 2.35. The molecule has 0 unspecified atom stereocenters. The first-order valence-electron chi connectivity index (χ1n) is 17.6. The number of amides is 1. The number of nitrogens with one attached hydrogen (secondary N) is 1. The van der Waals surface area contributed by atoms with Gasteiger partial charge in [0.15, 0.2) is 23.3 Å². The van der Waals surface area contributed by atoms with Crippen molar-refractivity contribution in [3.63, 3.8) is 0 Å². The second-order valence-electron chi connectivity index (χ2n) is 14.7. The van der Waals surface area contributed by atoms with Gasteiger partial charge in [0.1, 0.15) is 17.2 Å². The Balaban J connectivity index is 0.000000193. The molecule has 0 aromatic carbocycles. The molecule has 2 aromatic rings. The lowest BCUT2D eigenvalue weighted by Gasteiger charge is -2.40. The predicted molar refractivity (Wildman–Crippen MR) is 179 cm³/mol. The van der Waals surface area contributed by atoms with Crippen LogP contribution in [0.2, 0.25) is 0 Å². The van der Waals surface area contributed by atoms with Gasteiger partial charge in [0.05, 0.1) is 12.4 Å². The predicted octanol–water partition coefficient (Wildman–Crippen LogP) is 5.93. The number of anilines is 2. The largest absolute Gasteiger partial charge is 0.444 e. The topological polar surface area (TPSA) is 99.6 Å². The highest BCUT2D eigenvalue weighted by Gasteiger charge is 2.33. The van der Waals surface area contributed by atoms with Crippen molar-refractivity contribution >= 4 is 17.7 Å². The van der Waals surface area contributed by atoms with E-state index in [1.807, 2.05) is 37.5 Å². The zero-order chi connectivity index (χ0) is 33.6. The minimum absolute atomic E-state index is 0.203. The van der Waals surface area contributed by atoms with Gasteiger partial charge >= 0.3 is 6.09 Å². The van der Waals surface area contributed by atoms with Gasteiger partial charge in [-0.2, -0.15) is 0 Å². The zero-order valence-corrected chi connectivity index (χ0v) is 29.0.